The molecule has 0 saturated heterocycles. The van der Waals surface area contributed by atoms with Gasteiger partial charge in [-0.05, 0) is 62.9 Å². The van der Waals surface area contributed by atoms with Gasteiger partial charge in [-0.2, -0.15) is 0 Å². The van der Waals surface area contributed by atoms with Gasteiger partial charge in [-0.25, -0.2) is 0 Å². The summed E-state index contributed by atoms with van der Waals surface area (Å²) in [7, 11) is -0.0974. The van der Waals surface area contributed by atoms with Gasteiger partial charge in [-0.1, -0.05) is 97.7 Å². The summed E-state index contributed by atoms with van der Waals surface area (Å²) in [6.07, 6.45) is 20.8. The lowest BCUT2D eigenvalue weighted by Crippen LogP contribution is -2.12. The standard InChI is InChI=1S/C26H31P/c1-4-19-27(3)26-18-12-10-16-23(26)20-22-15-9-11-17-25(22)24(5-2)21-13-7-6-8-14-21/h4-8,10-14,16-17,19,26H,9,15,18,20H2,1-3H3/b19-4?,24-5-. The first-order valence-electron chi connectivity index (χ1n) is 10.1. The Morgan fingerprint density at radius 3 is 2.70 bits per heavy atom. The molecule has 0 amide bonds. The number of rotatable bonds is 6. The number of benzene rings is 1. The maximum Gasteiger partial charge on any atom is 0.00734 e. The van der Waals surface area contributed by atoms with E-state index in [0.717, 1.165) is 12.8 Å². The first-order valence-corrected chi connectivity index (χ1v) is 12.0. The zero-order valence-electron chi connectivity index (χ0n) is 16.9. The maximum absolute atomic E-state index is 2.42. The van der Waals surface area contributed by atoms with E-state index in [2.05, 4.69) is 99.2 Å². The molecule has 3 rings (SSSR count). The Morgan fingerprint density at radius 1 is 1.15 bits per heavy atom. The third kappa shape index (κ3) is 4.88. The van der Waals surface area contributed by atoms with Crippen LogP contribution in [0.4, 0.5) is 0 Å². The Hall–Kier alpha value is -1.91. The smallest absolute Gasteiger partial charge is 0.00734 e. The zero-order valence-corrected chi connectivity index (χ0v) is 17.8. The van der Waals surface area contributed by atoms with Gasteiger partial charge in [0.25, 0.3) is 0 Å². The van der Waals surface area contributed by atoms with Gasteiger partial charge >= 0.3 is 0 Å². The highest BCUT2D eigenvalue weighted by molar-refractivity contribution is 7.61. The van der Waals surface area contributed by atoms with Crippen molar-refractivity contribution in [2.45, 2.75) is 45.2 Å². The average Bonchev–Trinajstić information content (AvgIpc) is 2.71. The van der Waals surface area contributed by atoms with E-state index >= 15 is 0 Å². The summed E-state index contributed by atoms with van der Waals surface area (Å²) in [5.74, 6) is 2.42. The number of hydrogen-bond donors (Lipinski definition) is 0. The number of allylic oxidation sites excluding steroid dienone is 11. The Morgan fingerprint density at radius 2 is 1.96 bits per heavy atom. The topological polar surface area (TPSA) is 0 Å². The molecule has 2 unspecified atom stereocenters. The molecule has 0 radical (unpaired) electrons. The second-order valence-electron chi connectivity index (χ2n) is 7.27. The minimum Gasteiger partial charge on any atom is -0.0872 e. The fourth-order valence-electron chi connectivity index (χ4n) is 4.12. The van der Waals surface area contributed by atoms with Gasteiger partial charge < -0.3 is 0 Å². The maximum atomic E-state index is 2.42. The molecule has 27 heavy (non-hydrogen) atoms. The van der Waals surface area contributed by atoms with Gasteiger partial charge in [-0.15, -0.1) is 0 Å². The summed E-state index contributed by atoms with van der Waals surface area (Å²) in [5.41, 5.74) is 8.04. The Bertz CT molecular complexity index is 815. The molecule has 2 aliphatic rings. The van der Waals surface area contributed by atoms with Crippen LogP contribution < -0.4 is 0 Å². The van der Waals surface area contributed by atoms with Gasteiger partial charge in [0.2, 0.25) is 0 Å². The Labute approximate surface area is 166 Å². The van der Waals surface area contributed by atoms with Gasteiger partial charge in [-0.3, -0.25) is 0 Å². The molecule has 2 aliphatic carbocycles. The van der Waals surface area contributed by atoms with Crippen LogP contribution in [0.5, 0.6) is 0 Å². The Balaban J connectivity index is 1.93. The Kier molecular flexibility index (Phi) is 7.25. The monoisotopic (exact) mass is 374 g/mol. The fraction of sp³-hybridized carbons (Fsp3) is 0.308. The van der Waals surface area contributed by atoms with E-state index in [1.165, 1.54) is 29.6 Å². The third-order valence-electron chi connectivity index (χ3n) is 5.47. The molecule has 1 aromatic rings. The second kappa shape index (κ2) is 9.86. The molecule has 0 spiro atoms. The van der Waals surface area contributed by atoms with E-state index in [1.807, 2.05) is 0 Å². The molecule has 0 saturated carbocycles. The number of hydrogen-bond acceptors (Lipinski definition) is 0. The molecule has 0 heterocycles. The van der Waals surface area contributed by atoms with E-state index in [4.69, 9.17) is 0 Å². The van der Waals surface area contributed by atoms with Crippen LogP contribution in [-0.4, -0.2) is 12.3 Å². The molecule has 0 aromatic heterocycles. The highest BCUT2D eigenvalue weighted by Crippen LogP contribution is 2.48. The van der Waals surface area contributed by atoms with Crippen molar-refractivity contribution in [3.05, 3.63) is 101 Å². The van der Waals surface area contributed by atoms with Crippen molar-refractivity contribution in [2.75, 3.05) is 6.66 Å². The predicted octanol–water partition coefficient (Wildman–Crippen LogP) is 8.03. The molecule has 0 bridgehead atoms. The summed E-state index contributed by atoms with van der Waals surface area (Å²) in [6, 6.07) is 10.8. The minimum absolute atomic E-state index is 0.0974. The average molecular weight is 375 g/mol. The van der Waals surface area contributed by atoms with Crippen LogP contribution >= 0.6 is 7.92 Å². The van der Waals surface area contributed by atoms with E-state index in [0.29, 0.717) is 5.66 Å². The van der Waals surface area contributed by atoms with Crippen molar-refractivity contribution in [2.24, 2.45) is 0 Å². The first kappa shape index (κ1) is 19.8. The molecule has 1 aromatic carbocycles. The lowest BCUT2D eigenvalue weighted by Gasteiger charge is -2.28. The summed E-state index contributed by atoms with van der Waals surface area (Å²) in [6.45, 7) is 6.73. The van der Waals surface area contributed by atoms with Crippen molar-refractivity contribution in [3.8, 4) is 0 Å². The van der Waals surface area contributed by atoms with E-state index in [9.17, 15) is 0 Å². The highest BCUT2D eigenvalue weighted by atomic mass is 31.1. The molecule has 0 fully saturated rings. The summed E-state index contributed by atoms with van der Waals surface area (Å²) in [4.78, 5) is 0. The normalized spacial score (nSPS) is 21.7. The van der Waals surface area contributed by atoms with Gasteiger partial charge in [0.15, 0.2) is 0 Å². The minimum atomic E-state index is -0.0974. The van der Waals surface area contributed by atoms with Crippen LogP contribution in [0.3, 0.4) is 0 Å². The second-order valence-corrected chi connectivity index (χ2v) is 9.52. The van der Waals surface area contributed by atoms with Gasteiger partial charge in [0, 0.05) is 5.66 Å². The summed E-state index contributed by atoms with van der Waals surface area (Å²) < 4.78 is 0. The van der Waals surface area contributed by atoms with E-state index < -0.39 is 0 Å². The first-order chi connectivity index (χ1) is 13.2. The van der Waals surface area contributed by atoms with Crippen molar-refractivity contribution in [3.63, 3.8) is 0 Å². The fourth-order valence-corrected chi connectivity index (χ4v) is 5.95. The predicted molar refractivity (Wildman–Crippen MR) is 123 cm³/mol. The van der Waals surface area contributed by atoms with Crippen molar-refractivity contribution in [1.29, 1.82) is 0 Å². The van der Waals surface area contributed by atoms with Gasteiger partial charge in [0.05, 0.1) is 0 Å². The van der Waals surface area contributed by atoms with Crippen molar-refractivity contribution in [1.82, 2.24) is 0 Å². The molecule has 140 valence electrons. The third-order valence-corrected chi connectivity index (χ3v) is 7.76. The van der Waals surface area contributed by atoms with Gasteiger partial charge in [0.1, 0.15) is 0 Å². The molecule has 0 N–H and O–H groups in total. The lowest BCUT2D eigenvalue weighted by molar-refractivity contribution is 0.847. The molecule has 2 atom stereocenters. The van der Waals surface area contributed by atoms with Crippen molar-refractivity contribution < 1.29 is 0 Å². The largest absolute Gasteiger partial charge is 0.0872 e. The van der Waals surface area contributed by atoms with Crippen LogP contribution in [0.2, 0.25) is 0 Å². The van der Waals surface area contributed by atoms with Crippen LogP contribution in [0.15, 0.2) is 95.4 Å². The molecule has 0 nitrogen and oxygen atoms in total. The highest BCUT2D eigenvalue weighted by Gasteiger charge is 2.22. The van der Waals surface area contributed by atoms with Crippen LogP contribution in [0.25, 0.3) is 5.57 Å². The quantitative estimate of drug-likeness (QED) is 0.442. The van der Waals surface area contributed by atoms with Crippen LogP contribution in [0, 0.1) is 0 Å². The molecular weight excluding hydrogens is 343 g/mol. The molecule has 0 aliphatic heterocycles. The lowest BCUT2D eigenvalue weighted by atomic mass is 9.84. The summed E-state index contributed by atoms with van der Waals surface area (Å²) >= 11 is 0. The molecule has 1 heteroatoms. The summed E-state index contributed by atoms with van der Waals surface area (Å²) in [5, 5.41) is 0. The zero-order chi connectivity index (χ0) is 19.1. The van der Waals surface area contributed by atoms with E-state index in [-0.39, 0.29) is 7.92 Å². The van der Waals surface area contributed by atoms with Crippen LogP contribution in [0.1, 0.15) is 45.1 Å². The van der Waals surface area contributed by atoms with Crippen molar-refractivity contribution >= 4 is 13.5 Å². The molecular formula is C26H31P. The SMILES string of the molecule is CC=CP(C)C1CC=CC=C1CC1=C(/C(=C\C)c2ccccc2)C=CCC1. The van der Waals surface area contributed by atoms with E-state index in [1.54, 1.807) is 11.1 Å². The van der Waals surface area contributed by atoms with Crippen LogP contribution in [-0.2, 0) is 0 Å².